The highest BCUT2D eigenvalue weighted by Gasteiger charge is 2.42. The van der Waals surface area contributed by atoms with Crippen molar-refractivity contribution >= 4 is 38.6 Å². The summed E-state index contributed by atoms with van der Waals surface area (Å²) in [6.07, 6.45) is -4.17. The second-order valence-electron chi connectivity index (χ2n) is 9.80. The fourth-order valence-electron chi connectivity index (χ4n) is 5.00. The molecule has 0 aliphatic carbocycles. The van der Waals surface area contributed by atoms with Crippen molar-refractivity contribution in [2.24, 2.45) is 0 Å². The molecular weight excluding hydrogens is 584 g/mol. The Morgan fingerprint density at radius 3 is 2.52 bits per heavy atom. The van der Waals surface area contributed by atoms with Crippen molar-refractivity contribution in [2.75, 3.05) is 24.5 Å². The quantitative estimate of drug-likeness (QED) is 0.390. The molecule has 0 spiro atoms. The van der Waals surface area contributed by atoms with Crippen LogP contribution in [0, 0.1) is 5.82 Å². The normalized spacial score (nSPS) is 20.3. The molecule has 2 aromatic carbocycles. The fourth-order valence-corrected chi connectivity index (χ4v) is 6.61. The topological polar surface area (TPSA) is 123 Å². The number of carbonyl (C=O) groups is 2. The average molecular weight is 611 g/mol. The van der Waals surface area contributed by atoms with E-state index < -0.39 is 56.9 Å². The SMILES string of the molecule is CCN1C(=O)N(c2ccc(C(F)(F)F)cc2)C=C(CNC(=O)[C@@H]2CCCN2S(=O)(=O)c2cc3cc(F)ccc3o2)C1O. The number of benzene rings is 2. The number of rotatable bonds is 7. The molecule has 5 rings (SSSR count). The van der Waals surface area contributed by atoms with Gasteiger partial charge in [-0.15, -0.1) is 0 Å². The summed E-state index contributed by atoms with van der Waals surface area (Å²) < 4.78 is 85.7. The lowest BCUT2D eigenvalue weighted by Gasteiger charge is -2.37. The second kappa shape index (κ2) is 11.0. The van der Waals surface area contributed by atoms with Gasteiger partial charge in [-0.2, -0.15) is 17.5 Å². The standard InChI is InChI=1S/C27H26F4N4O6S/c1-2-33-25(37)17(15-34(26(33)38)20-8-5-18(6-9-20)27(29,30)31)14-32-24(36)21-4-3-11-35(21)42(39,40)23-13-16-12-19(28)7-10-22(16)41-23/h5-10,12-13,15,21,25,37H,2-4,11,14H2,1H3,(H,32,36)/t21-,25?/m0/s1. The molecule has 42 heavy (non-hydrogen) atoms. The van der Waals surface area contributed by atoms with Crippen LogP contribution in [0.25, 0.3) is 11.0 Å². The molecule has 1 fully saturated rings. The van der Waals surface area contributed by atoms with Crippen molar-refractivity contribution < 1.29 is 45.1 Å². The Balaban J connectivity index is 1.34. The summed E-state index contributed by atoms with van der Waals surface area (Å²) in [5.74, 6) is -1.22. The Labute approximate surface area is 237 Å². The van der Waals surface area contributed by atoms with E-state index >= 15 is 0 Å². The largest absolute Gasteiger partial charge is 0.443 e. The summed E-state index contributed by atoms with van der Waals surface area (Å²) in [4.78, 5) is 28.3. The summed E-state index contributed by atoms with van der Waals surface area (Å²) in [5, 5.41) is 13.2. The zero-order chi connectivity index (χ0) is 30.4. The van der Waals surface area contributed by atoms with E-state index in [0.717, 1.165) is 50.5 Å². The van der Waals surface area contributed by atoms with Gasteiger partial charge in [0.2, 0.25) is 11.0 Å². The second-order valence-corrected chi connectivity index (χ2v) is 11.6. The number of furan rings is 1. The summed E-state index contributed by atoms with van der Waals surface area (Å²) in [5.41, 5.74) is -0.469. The maximum atomic E-state index is 13.6. The van der Waals surface area contributed by atoms with Gasteiger partial charge < -0.3 is 14.8 Å². The number of carbonyl (C=O) groups excluding carboxylic acids is 2. The van der Waals surface area contributed by atoms with E-state index in [2.05, 4.69) is 5.32 Å². The van der Waals surface area contributed by atoms with Crippen molar-refractivity contribution in [3.8, 4) is 0 Å². The maximum Gasteiger partial charge on any atom is 0.416 e. The van der Waals surface area contributed by atoms with Gasteiger partial charge in [-0.1, -0.05) is 0 Å². The van der Waals surface area contributed by atoms with Crippen LogP contribution in [0.15, 0.2) is 69.8 Å². The molecule has 15 heteroatoms. The number of nitrogens with one attached hydrogen (secondary N) is 1. The lowest BCUT2D eigenvalue weighted by molar-refractivity contribution is -0.137. The van der Waals surface area contributed by atoms with Crippen LogP contribution in [0.4, 0.5) is 28.0 Å². The van der Waals surface area contributed by atoms with Gasteiger partial charge in [-0.25, -0.2) is 17.6 Å². The number of nitrogens with zero attached hydrogens (tertiary/aromatic N) is 3. The first-order valence-electron chi connectivity index (χ1n) is 13.0. The van der Waals surface area contributed by atoms with E-state index in [1.54, 1.807) is 6.92 Å². The highest BCUT2D eigenvalue weighted by Crippen LogP contribution is 2.33. The number of amides is 3. The van der Waals surface area contributed by atoms with Crippen LogP contribution < -0.4 is 10.2 Å². The van der Waals surface area contributed by atoms with Gasteiger partial charge in [-0.05, 0) is 62.2 Å². The molecule has 0 radical (unpaired) electrons. The molecule has 0 bridgehead atoms. The van der Waals surface area contributed by atoms with E-state index in [-0.39, 0.29) is 48.3 Å². The Bertz CT molecular complexity index is 1650. The third-order valence-electron chi connectivity index (χ3n) is 7.18. The Morgan fingerprint density at radius 1 is 1.14 bits per heavy atom. The molecular formula is C27H26F4N4O6S. The lowest BCUT2D eigenvalue weighted by atomic mass is 10.1. The van der Waals surface area contributed by atoms with Gasteiger partial charge in [-0.3, -0.25) is 14.6 Å². The van der Waals surface area contributed by atoms with Crippen molar-refractivity contribution in [2.45, 2.75) is 43.3 Å². The molecule has 1 aromatic heterocycles. The Morgan fingerprint density at radius 2 is 1.86 bits per heavy atom. The van der Waals surface area contributed by atoms with Crippen LogP contribution >= 0.6 is 0 Å². The first-order valence-corrected chi connectivity index (χ1v) is 14.4. The first kappa shape index (κ1) is 29.5. The number of anilines is 1. The molecule has 2 atom stereocenters. The molecule has 0 saturated carbocycles. The predicted molar refractivity (Wildman–Crippen MR) is 142 cm³/mol. The van der Waals surface area contributed by atoms with Crippen LogP contribution in [0.3, 0.4) is 0 Å². The zero-order valence-electron chi connectivity index (χ0n) is 22.1. The predicted octanol–water partition coefficient (Wildman–Crippen LogP) is 4.02. The minimum absolute atomic E-state index is 0.0387. The van der Waals surface area contributed by atoms with Gasteiger partial charge in [0, 0.05) is 42.9 Å². The first-order chi connectivity index (χ1) is 19.8. The molecule has 3 amide bonds. The molecule has 2 N–H and O–H groups in total. The number of sulfonamides is 1. The third-order valence-corrected chi connectivity index (χ3v) is 8.94. The van der Waals surface area contributed by atoms with Gasteiger partial charge >= 0.3 is 12.2 Å². The number of fused-ring (bicyclic) bond motifs is 1. The van der Waals surface area contributed by atoms with Crippen LogP contribution in [0.2, 0.25) is 0 Å². The van der Waals surface area contributed by atoms with Crippen molar-refractivity contribution in [1.82, 2.24) is 14.5 Å². The van der Waals surface area contributed by atoms with Crippen molar-refractivity contribution in [3.63, 3.8) is 0 Å². The third kappa shape index (κ3) is 5.46. The number of hydrogen-bond acceptors (Lipinski definition) is 6. The van der Waals surface area contributed by atoms with E-state index in [4.69, 9.17) is 4.42 Å². The summed E-state index contributed by atoms with van der Waals surface area (Å²) in [6.45, 7) is 1.41. The number of urea groups is 1. The van der Waals surface area contributed by atoms with Crippen LogP contribution in [-0.2, 0) is 21.0 Å². The van der Waals surface area contributed by atoms with Crippen LogP contribution in [-0.4, -0.2) is 66.6 Å². The van der Waals surface area contributed by atoms with Gasteiger partial charge in [0.1, 0.15) is 17.4 Å². The number of aliphatic hydroxyl groups excluding tert-OH is 1. The number of likely N-dealkylation sites (N-methyl/N-ethyl adjacent to an activating group) is 1. The highest BCUT2D eigenvalue weighted by molar-refractivity contribution is 7.89. The Kier molecular flexibility index (Phi) is 7.76. The molecule has 2 aliphatic rings. The lowest BCUT2D eigenvalue weighted by Crippen LogP contribution is -2.53. The number of aliphatic hydroxyl groups is 1. The monoisotopic (exact) mass is 610 g/mol. The van der Waals surface area contributed by atoms with E-state index in [0.29, 0.717) is 6.42 Å². The Hall–Kier alpha value is -3.95. The molecule has 2 aliphatic heterocycles. The molecule has 224 valence electrons. The molecule has 3 heterocycles. The molecule has 1 unspecified atom stereocenters. The van der Waals surface area contributed by atoms with Gasteiger partial charge in [0.15, 0.2) is 6.23 Å². The zero-order valence-corrected chi connectivity index (χ0v) is 23.0. The van der Waals surface area contributed by atoms with E-state index in [1.165, 1.54) is 18.3 Å². The molecule has 10 nitrogen and oxygen atoms in total. The van der Waals surface area contributed by atoms with Crippen molar-refractivity contribution in [3.05, 3.63) is 71.7 Å². The number of hydrogen-bond donors (Lipinski definition) is 2. The summed E-state index contributed by atoms with van der Waals surface area (Å²) in [7, 11) is -4.26. The number of alkyl halides is 3. The summed E-state index contributed by atoms with van der Waals surface area (Å²) in [6, 6.07) is 6.87. The smallest absolute Gasteiger partial charge is 0.416 e. The van der Waals surface area contributed by atoms with Crippen molar-refractivity contribution in [1.29, 1.82) is 0 Å². The minimum Gasteiger partial charge on any atom is -0.443 e. The fraction of sp³-hybridized carbons (Fsp3) is 0.333. The van der Waals surface area contributed by atoms with E-state index in [9.17, 15) is 40.7 Å². The number of halogens is 4. The molecule has 3 aromatic rings. The minimum atomic E-state index is -4.56. The van der Waals surface area contributed by atoms with Crippen LogP contribution in [0.5, 0.6) is 0 Å². The highest BCUT2D eigenvalue weighted by atomic mass is 32.2. The average Bonchev–Trinajstić information content (AvgIpc) is 3.61. The van der Waals surface area contributed by atoms with Crippen LogP contribution in [0.1, 0.15) is 25.3 Å². The van der Waals surface area contributed by atoms with Gasteiger partial charge in [0.05, 0.1) is 11.3 Å². The van der Waals surface area contributed by atoms with Gasteiger partial charge in [0.25, 0.3) is 10.0 Å². The molecule has 1 saturated heterocycles. The van der Waals surface area contributed by atoms with E-state index in [1.807, 2.05) is 0 Å². The summed E-state index contributed by atoms with van der Waals surface area (Å²) >= 11 is 0. The maximum absolute atomic E-state index is 13.6.